The third kappa shape index (κ3) is 2.57. The molecule has 0 radical (unpaired) electrons. The van der Waals surface area contributed by atoms with Crippen molar-refractivity contribution in [3.63, 3.8) is 0 Å². The van der Waals surface area contributed by atoms with Gasteiger partial charge in [-0.1, -0.05) is 6.07 Å². The molecule has 0 saturated heterocycles. The van der Waals surface area contributed by atoms with Gasteiger partial charge in [0, 0.05) is 24.5 Å². The van der Waals surface area contributed by atoms with E-state index >= 15 is 0 Å². The fraction of sp³-hybridized carbons (Fsp3) is 0.364. The number of nitrogens with zero attached hydrogens (tertiary/aromatic N) is 1. The molecule has 5 nitrogen and oxygen atoms in total. The molecule has 1 aliphatic heterocycles. The van der Waals surface area contributed by atoms with Crippen molar-refractivity contribution in [1.29, 1.82) is 0 Å². The molecule has 5 heteroatoms. The molecule has 0 fully saturated rings. The zero-order valence-corrected chi connectivity index (χ0v) is 9.14. The summed E-state index contributed by atoms with van der Waals surface area (Å²) in [6, 6.07) is 3.96. The molecule has 1 aromatic rings. The van der Waals surface area contributed by atoms with Crippen molar-refractivity contribution in [3.8, 4) is 0 Å². The number of aliphatic hydroxyl groups excluding tert-OH is 1. The Labute approximate surface area is 94.4 Å². The van der Waals surface area contributed by atoms with E-state index in [1.54, 1.807) is 6.20 Å². The highest BCUT2D eigenvalue weighted by Gasteiger charge is 2.18. The van der Waals surface area contributed by atoms with Crippen molar-refractivity contribution in [2.24, 2.45) is 5.73 Å². The van der Waals surface area contributed by atoms with Crippen LogP contribution in [0.25, 0.3) is 0 Å². The first-order valence-electron chi connectivity index (χ1n) is 5.21. The monoisotopic (exact) mass is 220 g/mol. The summed E-state index contributed by atoms with van der Waals surface area (Å²) < 4.78 is 0. The Hall–Kier alpha value is -1.43. The van der Waals surface area contributed by atoms with Crippen LogP contribution in [0.5, 0.6) is 0 Å². The lowest BCUT2D eigenvalue weighted by atomic mass is 10.1. The average Bonchev–Trinajstić information content (AvgIpc) is 2.25. The van der Waals surface area contributed by atoms with Gasteiger partial charge < -0.3 is 10.4 Å². The van der Waals surface area contributed by atoms with E-state index in [9.17, 15) is 5.11 Å². The van der Waals surface area contributed by atoms with E-state index in [0.717, 1.165) is 16.8 Å². The highest BCUT2D eigenvalue weighted by atomic mass is 16.3. The third-order valence-electron chi connectivity index (χ3n) is 2.52. The van der Waals surface area contributed by atoms with E-state index in [2.05, 4.69) is 15.6 Å². The standard InChI is InChI=1S/C11H16N4O/c1-7-2-3-8(5-13-7)4-9-6-14-11(12)15-10(9)16/h2-3,5-6,10-11,14-16H,4,12H2,1H3. The summed E-state index contributed by atoms with van der Waals surface area (Å²) >= 11 is 0. The molecule has 0 aliphatic carbocycles. The summed E-state index contributed by atoms with van der Waals surface area (Å²) in [5, 5.41) is 15.4. The number of aryl methyl sites for hydroxylation is 1. The van der Waals surface area contributed by atoms with Crippen LogP contribution in [0.4, 0.5) is 0 Å². The van der Waals surface area contributed by atoms with Crippen LogP contribution in [-0.4, -0.2) is 22.6 Å². The number of aromatic nitrogens is 1. The van der Waals surface area contributed by atoms with Crippen LogP contribution in [0.15, 0.2) is 30.1 Å². The van der Waals surface area contributed by atoms with Crippen LogP contribution in [0.2, 0.25) is 0 Å². The average molecular weight is 220 g/mol. The molecule has 2 atom stereocenters. The van der Waals surface area contributed by atoms with Crippen molar-refractivity contribution in [3.05, 3.63) is 41.4 Å². The van der Waals surface area contributed by atoms with Crippen LogP contribution in [-0.2, 0) is 6.42 Å². The summed E-state index contributed by atoms with van der Waals surface area (Å²) in [4.78, 5) is 4.21. The number of nitrogens with one attached hydrogen (secondary N) is 2. The lowest BCUT2D eigenvalue weighted by molar-refractivity contribution is 0.139. The zero-order valence-electron chi connectivity index (χ0n) is 9.14. The molecular weight excluding hydrogens is 204 g/mol. The topological polar surface area (TPSA) is 83.2 Å². The fourth-order valence-corrected chi connectivity index (χ4v) is 1.59. The van der Waals surface area contributed by atoms with Crippen LogP contribution >= 0.6 is 0 Å². The van der Waals surface area contributed by atoms with Gasteiger partial charge in [-0.15, -0.1) is 0 Å². The molecule has 0 aromatic carbocycles. The third-order valence-corrected chi connectivity index (χ3v) is 2.52. The maximum Gasteiger partial charge on any atom is 0.131 e. The van der Waals surface area contributed by atoms with Gasteiger partial charge in [-0.2, -0.15) is 0 Å². The Kier molecular flexibility index (Phi) is 3.19. The lowest BCUT2D eigenvalue weighted by Gasteiger charge is -2.27. The number of aliphatic hydroxyl groups is 1. The number of pyridine rings is 1. The van der Waals surface area contributed by atoms with Gasteiger partial charge in [-0.3, -0.25) is 16.0 Å². The van der Waals surface area contributed by atoms with Crippen LogP contribution < -0.4 is 16.4 Å². The van der Waals surface area contributed by atoms with Crippen molar-refractivity contribution in [2.45, 2.75) is 25.9 Å². The number of hydrogen-bond acceptors (Lipinski definition) is 5. The Morgan fingerprint density at radius 1 is 1.50 bits per heavy atom. The Balaban J connectivity index is 2.07. The van der Waals surface area contributed by atoms with Gasteiger partial charge in [0.05, 0.1) is 0 Å². The molecule has 1 aromatic heterocycles. The van der Waals surface area contributed by atoms with Crippen LogP contribution in [0, 0.1) is 6.92 Å². The fourth-order valence-electron chi connectivity index (χ4n) is 1.59. The maximum absolute atomic E-state index is 9.74. The predicted molar refractivity (Wildman–Crippen MR) is 61.0 cm³/mol. The van der Waals surface area contributed by atoms with Gasteiger partial charge in [0.2, 0.25) is 0 Å². The summed E-state index contributed by atoms with van der Waals surface area (Å²) in [7, 11) is 0. The van der Waals surface area contributed by atoms with Crippen LogP contribution in [0.3, 0.4) is 0 Å². The van der Waals surface area contributed by atoms with Gasteiger partial charge >= 0.3 is 0 Å². The molecule has 0 bridgehead atoms. The molecule has 0 amide bonds. The largest absolute Gasteiger partial charge is 0.374 e. The molecule has 86 valence electrons. The smallest absolute Gasteiger partial charge is 0.131 e. The minimum Gasteiger partial charge on any atom is -0.374 e. The van der Waals surface area contributed by atoms with E-state index in [1.807, 2.05) is 25.3 Å². The first kappa shape index (κ1) is 11.1. The number of hydrogen-bond donors (Lipinski definition) is 4. The Morgan fingerprint density at radius 2 is 2.31 bits per heavy atom. The van der Waals surface area contributed by atoms with Gasteiger partial charge in [-0.25, -0.2) is 0 Å². The van der Waals surface area contributed by atoms with E-state index < -0.39 is 12.5 Å². The molecule has 5 N–H and O–H groups in total. The highest BCUT2D eigenvalue weighted by molar-refractivity contribution is 5.23. The molecular formula is C11H16N4O. The Bertz CT molecular complexity index is 387. The minimum atomic E-state index is -0.697. The number of nitrogens with two attached hydrogens (primary N) is 1. The summed E-state index contributed by atoms with van der Waals surface area (Å²) in [6.45, 7) is 1.95. The van der Waals surface area contributed by atoms with E-state index in [0.29, 0.717) is 6.42 Å². The van der Waals surface area contributed by atoms with E-state index in [1.165, 1.54) is 0 Å². The van der Waals surface area contributed by atoms with E-state index in [-0.39, 0.29) is 0 Å². The van der Waals surface area contributed by atoms with Crippen molar-refractivity contribution < 1.29 is 5.11 Å². The molecule has 2 heterocycles. The second kappa shape index (κ2) is 4.61. The molecule has 2 rings (SSSR count). The normalized spacial score (nSPS) is 24.8. The second-order valence-corrected chi connectivity index (χ2v) is 3.92. The zero-order chi connectivity index (χ0) is 11.5. The second-order valence-electron chi connectivity index (χ2n) is 3.92. The molecule has 2 unspecified atom stereocenters. The first-order chi connectivity index (χ1) is 7.65. The number of rotatable bonds is 2. The van der Waals surface area contributed by atoms with Crippen molar-refractivity contribution in [2.75, 3.05) is 0 Å². The van der Waals surface area contributed by atoms with Gasteiger partial charge in [-0.05, 0) is 24.1 Å². The van der Waals surface area contributed by atoms with Crippen molar-refractivity contribution in [1.82, 2.24) is 15.6 Å². The Morgan fingerprint density at radius 3 is 2.94 bits per heavy atom. The van der Waals surface area contributed by atoms with Gasteiger partial charge in [0.15, 0.2) is 0 Å². The molecule has 0 spiro atoms. The quantitative estimate of drug-likeness (QED) is 0.543. The predicted octanol–water partition coefficient (Wildman–Crippen LogP) is -0.430. The SMILES string of the molecule is Cc1ccc(CC2=CNC(N)NC2O)cn1. The summed E-state index contributed by atoms with van der Waals surface area (Å²) in [5.74, 6) is 0. The van der Waals surface area contributed by atoms with E-state index in [4.69, 9.17) is 5.73 Å². The van der Waals surface area contributed by atoms with Crippen molar-refractivity contribution >= 4 is 0 Å². The summed E-state index contributed by atoms with van der Waals surface area (Å²) in [6.07, 6.45) is 3.14. The summed E-state index contributed by atoms with van der Waals surface area (Å²) in [5.41, 5.74) is 8.47. The molecule has 1 aliphatic rings. The molecule has 16 heavy (non-hydrogen) atoms. The van der Waals surface area contributed by atoms with Crippen LogP contribution in [0.1, 0.15) is 11.3 Å². The molecule has 0 saturated carbocycles. The maximum atomic E-state index is 9.74. The lowest BCUT2D eigenvalue weighted by Crippen LogP contribution is -2.55. The van der Waals surface area contributed by atoms with Gasteiger partial charge in [0.1, 0.15) is 12.5 Å². The first-order valence-corrected chi connectivity index (χ1v) is 5.21. The van der Waals surface area contributed by atoms with Gasteiger partial charge in [0.25, 0.3) is 0 Å². The minimum absolute atomic E-state index is 0.394. The highest BCUT2D eigenvalue weighted by Crippen LogP contribution is 2.11.